The number of Topliss-reactive ketones (excluding diaryl/α,β-unsaturated/α-hetero) is 1. The third kappa shape index (κ3) is 7.02. The molecule has 4 rings (SSSR count). The molecule has 0 bridgehead atoms. The van der Waals surface area contributed by atoms with E-state index in [4.69, 9.17) is 9.47 Å². The van der Waals surface area contributed by atoms with Crippen molar-refractivity contribution in [1.29, 1.82) is 0 Å². The molecule has 0 heterocycles. The van der Waals surface area contributed by atoms with E-state index < -0.39 is 34.8 Å². The van der Waals surface area contributed by atoms with Crippen molar-refractivity contribution in [3.05, 3.63) is 144 Å². The Labute approximate surface area is 224 Å². The Morgan fingerprint density at radius 3 is 1.22 bits per heavy atom. The molecule has 4 aromatic carbocycles. The first-order chi connectivity index (χ1) is 18.0. The average molecular weight is 557 g/mol. The van der Waals surface area contributed by atoms with Crippen molar-refractivity contribution in [3.8, 4) is 0 Å². The summed E-state index contributed by atoms with van der Waals surface area (Å²) in [6.07, 6.45) is -1.73. The number of carbonyl (C=O) groups is 3. The first-order valence-electron chi connectivity index (χ1n) is 11.8. The van der Waals surface area contributed by atoms with Gasteiger partial charge in [0.25, 0.3) is 5.78 Å². The van der Waals surface area contributed by atoms with Gasteiger partial charge in [0.05, 0.1) is 11.2 Å². The fraction of sp³-hybridized carbons (Fsp3) is 0.129. The monoisotopic (exact) mass is 556 g/mol. The van der Waals surface area contributed by atoms with Gasteiger partial charge in [0, 0.05) is 0 Å². The Kier molecular flexibility index (Phi) is 9.00. The van der Waals surface area contributed by atoms with Crippen LogP contribution in [-0.2, 0) is 23.9 Å². The van der Waals surface area contributed by atoms with Crippen molar-refractivity contribution in [2.24, 2.45) is 0 Å². The second-order valence-corrected chi connectivity index (χ2v) is 9.44. The van der Waals surface area contributed by atoms with Crippen LogP contribution in [0.3, 0.4) is 0 Å². The molecule has 0 aliphatic rings. The zero-order valence-corrected chi connectivity index (χ0v) is 21.5. The van der Waals surface area contributed by atoms with E-state index in [1.54, 1.807) is 0 Å². The Morgan fingerprint density at radius 2 is 0.865 bits per heavy atom. The summed E-state index contributed by atoms with van der Waals surface area (Å²) in [4.78, 5) is 37.5. The fourth-order valence-electron chi connectivity index (χ4n) is 3.88. The topological polar surface area (TPSA) is 69.7 Å². The highest BCUT2D eigenvalue weighted by molar-refractivity contribution is 9.10. The molecule has 0 aliphatic heterocycles. The average Bonchev–Trinajstić information content (AvgIpc) is 2.96. The van der Waals surface area contributed by atoms with Crippen LogP contribution in [0.25, 0.3) is 0 Å². The Balaban J connectivity index is 1.44. The summed E-state index contributed by atoms with van der Waals surface area (Å²) in [6.45, 7) is 0. The van der Waals surface area contributed by atoms with Crippen molar-refractivity contribution in [2.45, 2.75) is 23.5 Å². The number of ether oxygens (including phenoxy) is 2. The van der Waals surface area contributed by atoms with Gasteiger partial charge in [0.15, 0.2) is 12.2 Å². The van der Waals surface area contributed by atoms with E-state index in [1.165, 1.54) is 0 Å². The van der Waals surface area contributed by atoms with Gasteiger partial charge in [-0.15, -0.1) is 0 Å². The van der Waals surface area contributed by atoms with Gasteiger partial charge in [-0.2, -0.15) is 0 Å². The molecule has 0 spiro atoms. The number of carbonyl (C=O) groups excluding carboxylic acids is 3. The molecule has 0 N–H and O–H groups in total. The molecule has 6 heteroatoms. The summed E-state index contributed by atoms with van der Waals surface area (Å²) in [6, 6.07) is 37.0. The molecule has 1 unspecified atom stereocenters. The molecule has 0 aromatic heterocycles. The van der Waals surface area contributed by atoms with Crippen LogP contribution in [0.4, 0.5) is 0 Å². The van der Waals surface area contributed by atoms with E-state index in [9.17, 15) is 14.4 Å². The van der Waals surface area contributed by atoms with Gasteiger partial charge in [-0.05, 0) is 22.3 Å². The molecule has 0 fully saturated rings. The summed E-state index contributed by atoms with van der Waals surface area (Å²) in [5.41, 5.74) is 3.06. The molecule has 1 atom stereocenters. The first kappa shape index (κ1) is 26.0. The molecule has 186 valence electrons. The van der Waals surface area contributed by atoms with Crippen molar-refractivity contribution in [2.75, 3.05) is 0 Å². The zero-order chi connectivity index (χ0) is 26.0. The lowest BCUT2D eigenvalue weighted by atomic mass is 10.0. The summed E-state index contributed by atoms with van der Waals surface area (Å²) in [5, 5.41) is 0. The van der Waals surface area contributed by atoms with Crippen molar-refractivity contribution >= 4 is 33.7 Å². The Morgan fingerprint density at radius 1 is 0.541 bits per heavy atom. The van der Waals surface area contributed by atoms with Gasteiger partial charge in [-0.1, -0.05) is 137 Å². The Hall–Kier alpha value is -4.03. The van der Waals surface area contributed by atoms with Crippen LogP contribution in [0.5, 0.6) is 0 Å². The third-order valence-electron chi connectivity index (χ3n) is 5.72. The van der Waals surface area contributed by atoms with Crippen LogP contribution in [0.2, 0.25) is 0 Å². The summed E-state index contributed by atoms with van der Waals surface area (Å²) in [5.74, 6) is -2.51. The van der Waals surface area contributed by atoms with Crippen LogP contribution in [-0.4, -0.2) is 22.5 Å². The van der Waals surface area contributed by atoms with Crippen molar-refractivity contribution in [1.82, 2.24) is 0 Å². The number of ketones is 1. The summed E-state index contributed by atoms with van der Waals surface area (Å²) in [7, 11) is 0. The van der Waals surface area contributed by atoms with Crippen LogP contribution < -0.4 is 0 Å². The van der Waals surface area contributed by atoms with Gasteiger partial charge < -0.3 is 9.47 Å². The number of esters is 2. The second kappa shape index (κ2) is 12.8. The zero-order valence-electron chi connectivity index (χ0n) is 19.9. The quantitative estimate of drug-likeness (QED) is 0.129. The molecule has 0 aliphatic carbocycles. The number of hydrogen-bond acceptors (Lipinski definition) is 5. The van der Waals surface area contributed by atoms with Gasteiger partial charge in [0.2, 0.25) is 0 Å². The maximum absolute atomic E-state index is 12.9. The lowest BCUT2D eigenvalue weighted by Gasteiger charge is -2.20. The summed E-state index contributed by atoms with van der Waals surface area (Å²) < 4.78 is 11.4. The number of rotatable bonds is 10. The minimum Gasteiger partial charge on any atom is -0.452 e. The largest absolute Gasteiger partial charge is 0.452 e. The third-order valence-corrected chi connectivity index (χ3v) is 6.45. The van der Waals surface area contributed by atoms with E-state index in [-0.39, 0.29) is 6.42 Å². The lowest BCUT2D eigenvalue weighted by Crippen LogP contribution is -2.30. The molecular weight excluding hydrogens is 532 g/mol. The van der Waals surface area contributed by atoms with Crippen LogP contribution in [0.15, 0.2) is 121 Å². The first-order valence-corrected chi connectivity index (χ1v) is 12.7. The van der Waals surface area contributed by atoms with Crippen LogP contribution >= 0.6 is 15.9 Å². The van der Waals surface area contributed by atoms with Gasteiger partial charge in [0.1, 0.15) is 0 Å². The van der Waals surface area contributed by atoms with Crippen LogP contribution in [0.1, 0.15) is 40.9 Å². The normalized spacial score (nSPS) is 11.6. The van der Waals surface area contributed by atoms with Gasteiger partial charge in [-0.25, -0.2) is 4.79 Å². The molecule has 0 amide bonds. The number of halogens is 1. The summed E-state index contributed by atoms with van der Waals surface area (Å²) >= 11 is 3.20. The standard InChI is InChI=1S/C31H25BrO5/c32-26(21-27(33)36-29(22-13-5-1-6-14-22)23-15-7-2-8-16-23)28(34)31(35)37-30(24-17-9-3-10-18-24)25-19-11-4-12-20-25/h1-20,26,29-30H,21H2. The number of alkyl halides is 1. The fourth-order valence-corrected chi connectivity index (χ4v) is 4.33. The maximum atomic E-state index is 12.9. The van der Waals surface area contributed by atoms with E-state index in [1.807, 2.05) is 121 Å². The van der Waals surface area contributed by atoms with Crippen molar-refractivity contribution in [3.63, 3.8) is 0 Å². The molecule has 0 radical (unpaired) electrons. The Bertz CT molecular complexity index is 1230. The second-order valence-electron chi connectivity index (χ2n) is 8.33. The van der Waals surface area contributed by atoms with E-state index in [0.29, 0.717) is 0 Å². The highest BCUT2D eigenvalue weighted by Crippen LogP contribution is 2.28. The predicted molar refractivity (Wildman–Crippen MR) is 144 cm³/mol. The minimum atomic E-state index is -1.09. The minimum absolute atomic E-state index is 0.328. The molecule has 4 aromatic rings. The van der Waals surface area contributed by atoms with Gasteiger partial charge in [-0.3, -0.25) is 9.59 Å². The van der Waals surface area contributed by atoms with Crippen LogP contribution in [0, 0.1) is 0 Å². The molecule has 5 nitrogen and oxygen atoms in total. The maximum Gasteiger partial charge on any atom is 0.376 e. The van der Waals surface area contributed by atoms with E-state index in [2.05, 4.69) is 15.9 Å². The number of benzene rings is 4. The van der Waals surface area contributed by atoms with E-state index in [0.717, 1.165) is 22.3 Å². The highest BCUT2D eigenvalue weighted by Gasteiger charge is 2.31. The molecular formula is C31H25BrO5. The smallest absolute Gasteiger partial charge is 0.376 e. The SMILES string of the molecule is O=C(CC(Br)C(=O)C(=O)OC(c1ccccc1)c1ccccc1)OC(c1ccccc1)c1ccccc1. The lowest BCUT2D eigenvalue weighted by molar-refractivity contribution is -0.157. The molecule has 0 saturated carbocycles. The molecule has 37 heavy (non-hydrogen) atoms. The molecule has 0 saturated heterocycles. The number of hydrogen-bond donors (Lipinski definition) is 0. The van der Waals surface area contributed by atoms with Crippen molar-refractivity contribution < 1.29 is 23.9 Å². The van der Waals surface area contributed by atoms with E-state index >= 15 is 0 Å². The predicted octanol–water partition coefficient (Wildman–Crippen LogP) is 6.37. The van der Waals surface area contributed by atoms with Gasteiger partial charge >= 0.3 is 11.9 Å². The highest BCUT2D eigenvalue weighted by atomic mass is 79.9.